The van der Waals surface area contributed by atoms with Crippen LogP contribution >= 0.6 is 23.2 Å². The van der Waals surface area contributed by atoms with Crippen LogP contribution in [-0.2, 0) is 6.61 Å². The Morgan fingerprint density at radius 3 is 2.55 bits per heavy atom. The topological polar surface area (TPSA) is 39.4 Å². The van der Waals surface area contributed by atoms with Crippen molar-refractivity contribution in [3.63, 3.8) is 0 Å². The molecule has 0 saturated carbocycles. The predicted octanol–water partition coefficient (Wildman–Crippen LogP) is 4.99. The molecular weight excluding hydrogens is 323 g/mol. The number of halogens is 2. The molecule has 22 heavy (non-hydrogen) atoms. The average Bonchev–Trinajstić information content (AvgIpc) is 2.46. The average molecular weight is 335 g/mol. The van der Waals surface area contributed by atoms with E-state index in [1.54, 1.807) is 24.3 Å². The molecule has 0 aliphatic carbocycles. The van der Waals surface area contributed by atoms with Crippen LogP contribution in [-0.4, -0.2) is 0 Å². The van der Waals surface area contributed by atoms with Crippen molar-refractivity contribution in [1.82, 2.24) is 0 Å². The Labute approximate surface area is 137 Å². The van der Waals surface area contributed by atoms with E-state index in [0.29, 0.717) is 21.4 Å². The first-order valence-corrected chi connectivity index (χ1v) is 7.40. The van der Waals surface area contributed by atoms with Crippen molar-refractivity contribution in [1.29, 1.82) is 0 Å². The number of hydrogen-bond acceptors (Lipinski definition) is 3. The lowest BCUT2D eigenvalue weighted by atomic mass is 10.1. The molecule has 0 aliphatic heterocycles. The minimum Gasteiger partial charge on any atom is -0.489 e. The Hall–Kier alpha value is -1.97. The maximum absolute atomic E-state index is 11.4. The molecule has 1 heterocycles. The van der Waals surface area contributed by atoms with Gasteiger partial charge in [-0.05, 0) is 36.8 Å². The van der Waals surface area contributed by atoms with Crippen LogP contribution in [0.5, 0.6) is 5.75 Å². The molecular formula is C17H12Cl2O3. The molecule has 0 unspecified atom stereocenters. The van der Waals surface area contributed by atoms with Crippen molar-refractivity contribution < 1.29 is 9.15 Å². The van der Waals surface area contributed by atoms with Gasteiger partial charge in [0.25, 0.3) is 0 Å². The highest BCUT2D eigenvalue weighted by molar-refractivity contribution is 6.35. The third-order valence-corrected chi connectivity index (χ3v) is 4.08. The lowest BCUT2D eigenvalue weighted by molar-refractivity contribution is 0.306. The summed E-state index contributed by atoms with van der Waals surface area (Å²) in [6.07, 6.45) is 0. The van der Waals surface area contributed by atoms with Crippen molar-refractivity contribution in [2.24, 2.45) is 0 Å². The van der Waals surface area contributed by atoms with Crippen LogP contribution in [0.25, 0.3) is 11.0 Å². The summed E-state index contributed by atoms with van der Waals surface area (Å²) < 4.78 is 10.9. The number of ether oxygens (including phenoxy) is 1. The molecule has 1 aromatic heterocycles. The maximum atomic E-state index is 11.4. The second-order valence-electron chi connectivity index (χ2n) is 4.90. The standard InChI is InChI=1S/C17H12Cl2O3/c1-10-7-17(20)22-16-8-11(5-6-12(10)16)21-9-13-14(18)3-2-4-15(13)19/h2-8H,9H2,1H3. The van der Waals surface area contributed by atoms with E-state index in [2.05, 4.69) is 0 Å². The fraction of sp³-hybridized carbons (Fsp3) is 0.118. The fourth-order valence-corrected chi connectivity index (χ4v) is 2.73. The number of aryl methyl sites for hydroxylation is 1. The van der Waals surface area contributed by atoms with Gasteiger partial charge in [-0.2, -0.15) is 0 Å². The van der Waals surface area contributed by atoms with Gasteiger partial charge in [0.2, 0.25) is 0 Å². The number of rotatable bonds is 3. The van der Waals surface area contributed by atoms with Gasteiger partial charge in [0.05, 0.1) is 0 Å². The Balaban J connectivity index is 1.90. The number of hydrogen-bond donors (Lipinski definition) is 0. The molecule has 0 amide bonds. The second-order valence-corrected chi connectivity index (χ2v) is 5.71. The van der Waals surface area contributed by atoms with Gasteiger partial charge in [-0.25, -0.2) is 4.79 Å². The number of fused-ring (bicyclic) bond motifs is 1. The summed E-state index contributed by atoms with van der Waals surface area (Å²) in [5.74, 6) is 0.581. The van der Waals surface area contributed by atoms with Crippen molar-refractivity contribution in [3.05, 3.63) is 74.1 Å². The summed E-state index contributed by atoms with van der Waals surface area (Å²) in [6, 6.07) is 12.1. The molecule has 112 valence electrons. The van der Waals surface area contributed by atoms with E-state index in [4.69, 9.17) is 32.4 Å². The minimum absolute atomic E-state index is 0.236. The van der Waals surface area contributed by atoms with Crippen molar-refractivity contribution >= 4 is 34.2 Å². The van der Waals surface area contributed by atoms with Crippen LogP contribution in [0.4, 0.5) is 0 Å². The summed E-state index contributed by atoms with van der Waals surface area (Å²) in [5.41, 5.74) is 1.70. The largest absolute Gasteiger partial charge is 0.489 e. The van der Waals surface area contributed by atoms with Crippen molar-refractivity contribution in [2.75, 3.05) is 0 Å². The van der Waals surface area contributed by atoms with E-state index < -0.39 is 0 Å². The summed E-state index contributed by atoms with van der Waals surface area (Å²) >= 11 is 12.2. The van der Waals surface area contributed by atoms with Gasteiger partial charge in [0.1, 0.15) is 17.9 Å². The van der Waals surface area contributed by atoms with E-state index in [-0.39, 0.29) is 12.2 Å². The molecule has 3 rings (SSSR count). The molecule has 3 nitrogen and oxygen atoms in total. The van der Waals surface area contributed by atoms with Gasteiger partial charge in [-0.3, -0.25) is 0 Å². The maximum Gasteiger partial charge on any atom is 0.336 e. The molecule has 0 N–H and O–H groups in total. The van der Waals surface area contributed by atoms with Crippen LogP contribution < -0.4 is 10.4 Å². The highest BCUT2D eigenvalue weighted by Crippen LogP contribution is 2.27. The summed E-state index contributed by atoms with van der Waals surface area (Å²) in [7, 11) is 0. The van der Waals surface area contributed by atoms with Gasteiger partial charge in [0, 0.05) is 33.1 Å². The number of benzene rings is 2. The molecule has 0 fully saturated rings. The lowest BCUT2D eigenvalue weighted by Gasteiger charge is -2.10. The van der Waals surface area contributed by atoms with E-state index in [0.717, 1.165) is 16.5 Å². The molecule has 0 aliphatic rings. The summed E-state index contributed by atoms with van der Waals surface area (Å²) in [4.78, 5) is 11.4. The van der Waals surface area contributed by atoms with E-state index >= 15 is 0 Å². The first kappa shape index (κ1) is 14.9. The van der Waals surface area contributed by atoms with Gasteiger partial charge >= 0.3 is 5.63 Å². The van der Waals surface area contributed by atoms with Crippen molar-refractivity contribution in [2.45, 2.75) is 13.5 Å². The Morgan fingerprint density at radius 1 is 1.09 bits per heavy atom. The Morgan fingerprint density at radius 2 is 1.82 bits per heavy atom. The van der Waals surface area contributed by atoms with Crippen LogP contribution in [0.1, 0.15) is 11.1 Å². The highest BCUT2D eigenvalue weighted by Gasteiger charge is 2.08. The molecule has 0 bridgehead atoms. The van der Waals surface area contributed by atoms with E-state index in [9.17, 15) is 4.79 Å². The predicted molar refractivity (Wildman–Crippen MR) is 88.0 cm³/mol. The Kier molecular flexibility index (Phi) is 4.10. The zero-order valence-corrected chi connectivity index (χ0v) is 13.2. The molecule has 0 atom stereocenters. The van der Waals surface area contributed by atoms with Crippen LogP contribution in [0.2, 0.25) is 10.0 Å². The van der Waals surface area contributed by atoms with Crippen LogP contribution in [0.3, 0.4) is 0 Å². The van der Waals surface area contributed by atoms with E-state index in [1.807, 2.05) is 19.1 Å². The molecule has 0 saturated heterocycles. The zero-order chi connectivity index (χ0) is 15.7. The SMILES string of the molecule is Cc1cc(=O)oc2cc(OCc3c(Cl)cccc3Cl)ccc12. The molecule has 2 aromatic carbocycles. The van der Waals surface area contributed by atoms with Gasteiger partial charge in [-0.15, -0.1) is 0 Å². The highest BCUT2D eigenvalue weighted by atomic mass is 35.5. The lowest BCUT2D eigenvalue weighted by Crippen LogP contribution is -2.00. The normalized spacial score (nSPS) is 10.9. The fourth-order valence-electron chi connectivity index (χ4n) is 2.22. The molecule has 3 aromatic rings. The monoisotopic (exact) mass is 334 g/mol. The molecule has 5 heteroatoms. The third kappa shape index (κ3) is 2.96. The second kappa shape index (κ2) is 6.03. The summed E-state index contributed by atoms with van der Waals surface area (Å²) in [5, 5.41) is 1.98. The van der Waals surface area contributed by atoms with Crippen LogP contribution in [0, 0.1) is 6.92 Å². The third-order valence-electron chi connectivity index (χ3n) is 3.37. The van der Waals surface area contributed by atoms with Gasteiger partial charge in [-0.1, -0.05) is 29.3 Å². The smallest absolute Gasteiger partial charge is 0.336 e. The van der Waals surface area contributed by atoms with E-state index in [1.165, 1.54) is 6.07 Å². The summed E-state index contributed by atoms with van der Waals surface area (Å²) in [6.45, 7) is 2.10. The van der Waals surface area contributed by atoms with Crippen LogP contribution in [0.15, 0.2) is 51.7 Å². The van der Waals surface area contributed by atoms with Crippen molar-refractivity contribution in [3.8, 4) is 5.75 Å². The Bertz CT molecular complexity index is 880. The molecule has 0 radical (unpaired) electrons. The van der Waals surface area contributed by atoms with Gasteiger partial charge < -0.3 is 9.15 Å². The quantitative estimate of drug-likeness (QED) is 0.633. The molecule has 0 spiro atoms. The first-order valence-electron chi connectivity index (χ1n) is 6.65. The minimum atomic E-state index is -0.378. The first-order chi connectivity index (χ1) is 10.5. The van der Waals surface area contributed by atoms with Gasteiger partial charge in [0.15, 0.2) is 0 Å². The zero-order valence-electron chi connectivity index (χ0n) is 11.7.